The maximum atomic E-state index is 13.6. The molecule has 0 radical (unpaired) electrons. The summed E-state index contributed by atoms with van der Waals surface area (Å²) in [7, 11) is -3.95. The van der Waals surface area contributed by atoms with Crippen LogP contribution in [-0.4, -0.2) is 50.5 Å². The molecule has 3 aromatic rings. The predicted octanol–water partition coefficient (Wildman–Crippen LogP) is 7.33. The van der Waals surface area contributed by atoms with Crippen LogP contribution < -0.4 is 14.4 Å². The summed E-state index contributed by atoms with van der Waals surface area (Å²) in [5, 5.41) is 11.6. The van der Waals surface area contributed by atoms with Crippen LogP contribution in [0, 0.1) is 23.7 Å². The molecule has 2 heterocycles. The third-order valence-electron chi connectivity index (χ3n) is 12.3. The molecular formula is C40H49ClN2O5S. The van der Waals surface area contributed by atoms with Gasteiger partial charge in [0, 0.05) is 29.1 Å². The Morgan fingerprint density at radius 3 is 2.59 bits per heavy atom. The van der Waals surface area contributed by atoms with Gasteiger partial charge in [0.1, 0.15) is 5.75 Å². The second-order valence-electron chi connectivity index (χ2n) is 15.4. The van der Waals surface area contributed by atoms with Crippen molar-refractivity contribution in [2.24, 2.45) is 23.7 Å². The summed E-state index contributed by atoms with van der Waals surface area (Å²) < 4.78 is 36.1. The number of sulfonamides is 1. The zero-order valence-electron chi connectivity index (χ0n) is 28.6. The van der Waals surface area contributed by atoms with Crippen molar-refractivity contribution in [2.75, 3.05) is 24.6 Å². The number of fused-ring (bicyclic) bond motifs is 4. The SMILES string of the molecule is C[C@@H]1[C@@H](C)CCC(C(O)Cc2ccccc2)C[C@@H]2CC[C@H]2CN2C[C@@]3(CCCc4cc(Cl)ccc43)COc3ccc(cc32)C(=O)NS1(=O)=O. The van der Waals surface area contributed by atoms with Gasteiger partial charge >= 0.3 is 0 Å². The van der Waals surface area contributed by atoms with Crippen molar-refractivity contribution in [3.8, 4) is 5.75 Å². The second-order valence-corrected chi connectivity index (χ2v) is 17.8. The maximum Gasteiger partial charge on any atom is 0.264 e. The number of aryl methyl sites for hydroxylation is 1. The van der Waals surface area contributed by atoms with E-state index in [1.165, 1.54) is 11.1 Å². The largest absolute Gasteiger partial charge is 0.490 e. The van der Waals surface area contributed by atoms with Gasteiger partial charge < -0.3 is 14.7 Å². The molecule has 1 amide bonds. The fourth-order valence-corrected chi connectivity index (χ4v) is 10.4. The summed E-state index contributed by atoms with van der Waals surface area (Å²) in [5.74, 6) is 0.829. The lowest BCUT2D eigenvalue weighted by Crippen LogP contribution is -2.48. The van der Waals surface area contributed by atoms with Crippen LogP contribution in [0.1, 0.15) is 85.8 Å². The first-order valence-corrected chi connectivity index (χ1v) is 20.0. The van der Waals surface area contributed by atoms with Crippen molar-refractivity contribution in [3.63, 3.8) is 0 Å². The van der Waals surface area contributed by atoms with Crippen molar-refractivity contribution < 1.29 is 23.1 Å². The van der Waals surface area contributed by atoms with E-state index in [0.29, 0.717) is 42.6 Å². The van der Waals surface area contributed by atoms with E-state index in [2.05, 4.69) is 33.9 Å². The van der Waals surface area contributed by atoms with E-state index >= 15 is 0 Å². The van der Waals surface area contributed by atoms with Gasteiger partial charge in [-0.3, -0.25) is 4.79 Å². The van der Waals surface area contributed by atoms with Gasteiger partial charge in [0.05, 0.1) is 23.6 Å². The zero-order valence-corrected chi connectivity index (χ0v) is 30.2. The molecule has 2 N–H and O–H groups in total. The lowest BCUT2D eigenvalue weighted by molar-refractivity contribution is 0.0527. The third-order valence-corrected chi connectivity index (χ3v) is 14.4. The number of aliphatic hydroxyl groups excluding tert-OH is 1. The molecule has 7 atom stereocenters. The lowest BCUT2D eigenvalue weighted by Gasteiger charge is -2.45. The number of amides is 1. The van der Waals surface area contributed by atoms with Crippen LogP contribution >= 0.6 is 11.6 Å². The predicted molar refractivity (Wildman–Crippen MR) is 195 cm³/mol. The van der Waals surface area contributed by atoms with Crippen LogP contribution in [-0.2, 0) is 28.3 Å². The zero-order chi connectivity index (χ0) is 34.3. The first-order valence-electron chi connectivity index (χ1n) is 18.1. The van der Waals surface area contributed by atoms with Gasteiger partial charge in [-0.25, -0.2) is 13.1 Å². The number of benzene rings is 3. The van der Waals surface area contributed by atoms with Crippen molar-refractivity contribution in [2.45, 2.75) is 88.4 Å². The molecular weight excluding hydrogens is 656 g/mol. The minimum Gasteiger partial charge on any atom is -0.490 e. The van der Waals surface area contributed by atoms with Gasteiger partial charge in [0.25, 0.3) is 5.91 Å². The average Bonchev–Trinajstić information content (AvgIpc) is 3.22. The van der Waals surface area contributed by atoms with Crippen LogP contribution in [0.15, 0.2) is 66.7 Å². The Hall–Kier alpha value is -3.07. The number of ether oxygens (including phenoxy) is 1. The Labute approximate surface area is 296 Å². The molecule has 2 aliphatic heterocycles. The highest BCUT2D eigenvalue weighted by Gasteiger charge is 2.44. The van der Waals surface area contributed by atoms with Crippen molar-refractivity contribution in [3.05, 3.63) is 94.0 Å². The summed E-state index contributed by atoms with van der Waals surface area (Å²) in [6.45, 7) is 5.68. The van der Waals surface area contributed by atoms with E-state index in [1.54, 1.807) is 13.0 Å². The third kappa shape index (κ3) is 7.11. The van der Waals surface area contributed by atoms with Gasteiger partial charge in [-0.05, 0) is 135 Å². The summed E-state index contributed by atoms with van der Waals surface area (Å²) >= 11 is 6.45. The lowest BCUT2D eigenvalue weighted by atomic mass is 9.67. The number of halogens is 1. The summed E-state index contributed by atoms with van der Waals surface area (Å²) in [5.41, 5.74) is 4.56. The Morgan fingerprint density at radius 2 is 1.82 bits per heavy atom. The van der Waals surface area contributed by atoms with E-state index in [9.17, 15) is 18.3 Å². The molecule has 1 saturated carbocycles. The first-order chi connectivity index (χ1) is 23.5. The van der Waals surface area contributed by atoms with Crippen molar-refractivity contribution in [1.82, 2.24) is 4.72 Å². The van der Waals surface area contributed by atoms with E-state index in [1.807, 2.05) is 43.3 Å². The Kier molecular flexibility index (Phi) is 9.77. The van der Waals surface area contributed by atoms with Crippen LogP contribution in [0.5, 0.6) is 5.75 Å². The molecule has 0 aromatic heterocycles. The normalized spacial score (nSPS) is 30.5. The highest BCUT2D eigenvalue weighted by molar-refractivity contribution is 7.90. The van der Waals surface area contributed by atoms with Gasteiger partial charge in [0.15, 0.2) is 0 Å². The molecule has 1 fully saturated rings. The standard InChI is InChI=1S/C40H49ClN2O5S/c1-26-10-11-31(37(44)19-28-7-4-3-5-8-28)20-29-12-13-33(29)23-43-24-40(18-6-9-30-21-34(41)15-16-35(30)40)25-48-38-17-14-32(22-36(38)43)39(45)42-49(46,47)27(26)2/h3-5,7-8,14-17,21-22,26-27,29,31,33,37,44H,6,9-13,18-20,23-25H2,1-2H3,(H,42,45)/t26-,27+,29-,31?,33-,37?,40-/m0/s1. The van der Waals surface area contributed by atoms with Crippen LogP contribution in [0.25, 0.3) is 0 Å². The first kappa shape index (κ1) is 34.4. The number of anilines is 1. The maximum absolute atomic E-state index is 13.6. The molecule has 49 heavy (non-hydrogen) atoms. The quantitative estimate of drug-likeness (QED) is 0.297. The molecule has 262 valence electrons. The van der Waals surface area contributed by atoms with Crippen molar-refractivity contribution >= 4 is 33.2 Å². The molecule has 3 aromatic carbocycles. The van der Waals surface area contributed by atoms with Gasteiger partial charge in [-0.15, -0.1) is 0 Å². The number of carbonyl (C=O) groups excluding carboxylic acids is 1. The van der Waals surface area contributed by atoms with Crippen LogP contribution in [0.2, 0.25) is 5.02 Å². The van der Waals surface area contributed by atoms with E-state index in [0.717, 1.165) is 74.3 Å². The minimum absolute atomic E-state index is 0.0422. The molecule has 2 unspecified atom stereocenters. The van der Waals surface area contributed by atoms with Gasteiger partial charge in [0.2, 0.25) is 10.0 Å². The van der Waals surface area contributed by atoms with Gasteiger partial charge in [-0.1, -0.05) is 54.9 Å². The monoisotopic (exact) mass is 704 g/mol. The number of aliphatic hydroxyl groups is 1. The summed E-state index contributed by atoms with van der Waals surface area (Å²) in [4.78, 5) is 16.0. The molecule has 7 nitrogen and oxygen atoms in total. The second kappa shape index (κ2) is 13.9. The number of nitrogens with zero attached hydrogens (tertiary/aromatic N) is 1. The fourth-order valence-electron chi connectivity index (χ4n) is 8.90. The molecule has 7 rings (SSSR count). The molecule has 9 heteroatoms. The molecule has 2 aliphatic carbocycles. The topological polar surface area (TPSA) is 95.9 Å². The highest BCUT2D eigenvalue weighted by Crippen LogP contribution is 2.47. The van der Waals surface area contributed by atoms with Crippen LogP contribution in [0.3, 0.4) is 0 Å². The average molecular weight is 705 g/mol. The van der Waals surface area contributed by atoms with E-state index in [-0.39, 0.29) is 17.3 Å². The highest BCUT2D eigenvalue weighted by atomic mass is 35.5. The molecule has 2 bridgehead atoms. The Morgan fingerprint density at radius 1 is 1.02 bits per heavy atom. The minimum atomic E-state index is -3.95. The van der Waals surface area contributed by atoms with Crippen LogP contribution in [0.4, 0.5) is 5.69 Å². The Bertz CT molecular complexity index is 1780. The molecule has 4 aliphatic rings. The molecule has 1 spiro atoms. The smallest absolute Gasteiger partial charge is 0.264 e. The van der Waals surface area contributed by atoms with E-state index < -0.39 is 27.3 Å². The van der Waals surface area contributed by atoms with Gasteiger partial charge in [-0.2, -0.15) is 0 Å². The molecule has 0 saturated heterocycles. The number of hydrogen-bond donors (Lipinski definition) is 2. The number of nitrogens with one attached hydrogen (secondary N) is 1. The van der Waals surface area contributed by atoms with Crippen molar-refractivity contribution in [1.29, 1.82) is 0 Å². The van der Waals surface area contributed by atoms with E-state index in [4.69, 9.17) is 16.3 Å². The fraction of sp³-hybridized carbons (Fsp3) is 0.525. The number of rotatable bonds is 3. The summed E-state index contributed by atoms with van der Waals surface area (Å²) in [6.07, 6.45) is 7.58. The Balaban J connectivity index is 1.25. The number of carbonyl (C=O) groups is 1. The summed E-state index contributed by atoms with van der Waals surface area (Å²) in [6, 6.07) is 21.7. The number of hydrogen-bond acceptors (Lipinski definition) is 6.